The number of carbonyl (C=O) groups is 1. The van der Waals surface area contributed by atoms with Crippen molar-refractivity contribution in [1.82, 2.24) is 9.88 Å². The quantitative estimate of drug-likeness (QED) is 0.703. The standard InChI is InChI=1S/C14H22ClN3O3/c1-3-20-7-5-18(6-8-21-4-2)14(19)11-9-13(16)17-10-12(11)15/h9-10H,3-8H2,1-2H3,(H2,16,17). The molecule has 1 heterocycles. The fourth-order valence-corrected chi connectivity index (χ4v) is 1.93. The number of halogens is 1. The largest absolute Gasteiger partial charge is 0.384 e. The van der Waals surface area contributed by atoms with Crippen LogP contribution in [0.2, 0.25) is 5.02 Å². The smallest absolute Gasteiger partial charge is 0.255 e. The summed E-state index contributed by atoms with van der Waals surface area (Å²) >= 11 is 6.03. The molecule has 0 radical (unpaired) electrons. The van der Waals surface area contributed by atoms with E-state index in [0.29, 0.717) is 45.1 Å². The first-order chi connectivity index (χ1) is 10.1. The normalized spacial score (nSPS) is 10.6. The average molecular weight is 316 g/mol. The van der Waals surface area contributed by atoms with Crippen molar-refractivity contribution in [3.05, 3.63) is 22.8 Å². The lowest BCUT2D eigenvalue weighted by molar-refractivity contribution is 0.0550. The number of carbonyl (C=O) groups excluding carboxylic acids is 1. The van der Waals surface area contributed by atoms with Crippen molar-refractivity contribution in [1.29, 1.82) is 0 Å². The van der Waals surface area contributed by atoms with Crippen molar-refractivity contribution in [2.24, 2.45) is 0 Å². The Morgan fingerprint density at radius 3 is 2.38 bits per heavy atom. The molecule has 1 aromatic rings. The predicted molar refractivity (Wildman–Crippen MR) is 82.5 cm³/mol. The Kier molecular flexibility index (Phi) is 8.04. The van der Waals surface area contributed by atoms with Crippen molar-refractivity contribution in [3.8, 4) is 0 Å². The number of pyridine rings is 1. The molecular formula is C14H22ClN3O3. The molecule has 6 nitrogen and oxygen atoms in total. The van der Waals surface area contributed by atoms with Crippen LogP contribution < -0.4 is 5.73 Å². The number of anilines is 1. The molecule has 0 aliphatic carbocycles. The minimum absolute atomic E-state index is 0.200. The highest BCUT2D eigenvalue weighted by Crippen LogP contribution is 2.18. The highest BCUT2D eigenvalue weighted by Gasteiger charge is 2.19. The van der Waals surface area contributed by atoms with Crippen LogP contribution in [0.25, 0.3) is 0 Å². The minimum Gasteiger partial charge on any atom is -0.384 e. The Morgan fingerprint density at radius 1 is 1.29 bits per heavy atom. The lowest BCUT2D eigenvalue weighted by Gasteiger charge is -2.23. The van der Waals surface area contributed by atoms with Crippen LogP contribution in [0.5, 0.6) is 0 Å². The second-order valence-corrected chi connectivity index (χ2v) is 4.68. The second-order valence-electron chi connectivity index (χ2n) is 4.28. The zero-order valence-electron chi connectivity index (χ0n) is 12.5. The Balaban J connectivity index is 2.79. The monoisotopic (exact) mass is 315 g/mol. The van der Waals surface area contributed by atoms with E-state index in [2.05, 4.69) is 4.98 Å². The Hall–Kier alpha value is -1.37. The summed E-state index contributed by atoms with van der Waals surface area (Å²) < 4.78 is 10.6. The summed E-state index contributed by atoms with van der Waals surface area (Å²) in [6.45, 7) is 6.90. The van der Waals surface area contributed by atoms with Crippen LogP contribution in [0, 0.1) is 0 Å². The molecule has 2 N–H and O–H groups in total. The van der Waals surface area contributed by atoms with E-state index in [1.54, 1.807) is 4.90 Å². The molecule has 0 saturated carbocycles. The van der Waals surface area contributed by atoms with E-state index in [4.69, 9.17) is 26.8 Å². The second kappa shape index (κ2) is 9.55. The summed E-state index contributed by atoms with van der Waals surface area (Å²) in [6, 6.07) is 1.49. The van der Waals surface area contributed by atoms with Crippen molar-refractivity contribution in [2.75, 3.05) is 45.3 Å². The summed E-state index contributed by atoms with van der Waals surface area (Å²) in [7, 11) is 0. The average Bonchev–Trinajstić information content (AvgIpc) is 2.48. The number of nitrogens with zero attached hydrogens (tertiary/aromatic N) is 2. The first-order valence-electron chi connectivity index (χ1n) is 6.95. The maximum absolute atomic E-state index is 12.6. The van der Waals surface area contributed by atoms with Crippen molar-refractivity contribution < 1.29 is 14.3 Å². The molecule has 1 amide bonds. The van der Waals surface area contributed by atoms with Crippen molar-refractivity contribution in [3.63, 3.8) is 0 Å². The molecule has 0 fully saturated rings. The molecule has 0 aliphatic heterocycles. The lowest BCUT2D eigenvalue weighted by atomic mass is 10.2. The van der Waals surface area contributed by atoms with Gasteiger partial charge in [-0.05, 0) is 19.9 Å². The number of amides is 1. The summed E-state index contributed by atoms with van der Waals surface area (Å²) in [5.41, 5.74) is 5.96. The van der Waals surface area contributed by atoms with Crippen LogP contribution in [-0.2, 0) is 9.47 Å². The summed E-state index contributed by atoms with van der Waals surface area (Å²) in [5.74, 6) is 0.0609. The molecule has 7 heteroatoms. The lowest BCUT2D eigenvalue weighted by Crippen LogP contribution is -2.37. The first-order valence-corrected chi connectivity index (χ1v) is 7.33. The number of rotatable bonds is 9. The van der Waals surface area contributed by atoms with E-state index >= 15 is 0 Å². The van der Waals surface area contributed by atoms with Gasteiger partial charge < -0.3 is 20.1 Å². The summed E-state index contributed by atoms with van der Waals surface area (Å²) in [5, 5.41) is 0.284. The number of nitrogens with two attached hydrogens (primary N) is 1. The Bertz CT molecular complexity index is 447. The third-order valence-electron chi connectivity index (χ3n) is 2.81. The van der Waals surface area contributed by atoms with Gasteiger partial charge in [0.25, 0.3) is 5.91 Å². The summed E-state index contributed by atoms with van der Waals surface area (Å²) in [6.07, 6.45) is 1.38. The predicted octanol–water partition coefficient (Wildman–Crippen LogP) is 1.83. The van der Waals surface area contributed by atoms with E-state index in [1.807, 2.05) is 13.8 Å². The van der Waals surface area contributed by atoms with Gasteiger partial charge in [-0.25, -0.2) is 4.98 Å². The van der Waals surface area contributed by atoms with Gasteiger partial charge in [0.15, 0.2) is 0 Å². The Labute approximate surface area is 130 Å². The fourth-order valence-electron chi connectivity index (χ4n) is 1.74. The van der Waals surface area contributed by atoms with Crippen LogP contribution in [0.4, 0.5) is 5.82 Å². The van der Waals surface area contributed by atoms with Gasteiger partial charge in [-0.15, -0.1) is 0 Å². The molecule has 118 valence electrons. The molecular weight excluding hydrogens is 294 g/mol. The molecule has 0 atom stereocenters. The fraction of sp³-hybridized carbons (Fsp3) is 0.571. The van der Waals surface area contributed by atoms with Gasteiger partial charge in [-0.3, -0.25) is 4.79 Å². The van der Waals surface area contributed by atoms with Gasteiger partial charge in [-0.1, -0.05) is 11.6 Å². The van der Waals surface area contributed by atoms with Crippen LogP contribution >= 0.6 is 11.6 Å². The van der Waals surface area contributed by atoms with E-state index in [9.17, 15) is 4.79 Å². The molecule has 0 aromatic carbocycles. The van der Waals surface area contributed by atoms with Crippen molar-refractivity contribution >= 4 is 23.3 Å². The van der Waals surface area contributed by atoms with Crippen molar-refractivity contribution in [2.45, 2.75) is 13.8 Å². The van der Waals surface area contributed by atoms with E-state index in [-0.39, 0.29) is 16.7 Å². The minimum atomic E-state index is -0.200. The van der Waals surface area contributed by atoms with Gasteiger partial charge in [0.2, 0.25) is 0 Å². The van der Waals surface area contributed by atoms with Crippen LogP contribution in [0.1, 0.15) is 24.2 Å². The number of nitrogen functional groups attached to an aromatic ring is 1. The zero-order valence-corrected chi connectivity index (χ0v) is 13.2. The topological polar surface area (TPSA) is 77.7 Å². The van der Waals surface area contributed by atoms with E-state index in [0.717, 1.165) is 0 Å². The molecule has 0 aliphatic rings. The molecule has 1 rings (SSSR count). The molecule has 0 bridgehead atoms. The van der Waals surface area contributed by atoms with Crippen LogP contribution in [0.3, 0.4) is 0 Å². The van der Waals surface area contributed by atoms with Gasteiger partial charge in [0.05, 0.1) is 23.8 Å². The Morgan fingerprint density at radius 2 is 1.86 bits per heavy atom. The molecule has 1 aromatic heterocycles. The maximum atomic E-state index is 12.6. The van der Waals surface area contributed by atoms with Crippen LogP contribution in [-0.4, -0.2) is 55.3 Å². The van der Waals surface area contributed by atoms with E-state index in [1.165, 1.54) is 12.3 Å². The number of ether oxygens (including phenoxy) is 2. The molecule has 0 saturated heterocycles. The highest BCUT2D eigenvalue weighted by molar-refractivity contribution is 6.33. The molecule has 0 unspecified atom stereocenters. The third-order valence-corrected chi connectivity index (χ3v) is 3.11. The van der Waals surface area contributed by atoms with Gasteiger partial charge in [0.1, 0.15) is 5.82 Å². The molecule has 21 heavy (non-hydrogen) atoms. The van der Waals surface area contributed by atoms with Crippen LogP contribution in [0.15, 0.2) is 12.3 Å². The maximum Gasteiger partial charge on any atom is 0.255 e. The number of aromatic nitrogens is 1. The summed E-state index contributed by atoms with van der Waals surface area (Å²) in [4.78, 5) is 18.1. The first kappa shape index (κ1) is 17.7. The van der Waals surface area contributed by atoms with E-state index < -0.39 is 0 Å². The zero-order chi connectivity index (χ0) is 15.7. The highest BCUT2D eigenvalue weighted by atomic mass is 35.5. The van der Waals surface area contributed by atoms with Gasteiger partial charge in [-0.2, -0.15) is 0 Å². The SMILES string of the molecule is CCOCCN(CCOCC)C(=O)c1cc(N)ncc1Cl. The van der Waals surface area contributed by atoms with Gasteiger partial charge >= 0.3 is 0 Å². The number of hydrogen-bond donors (Lipinski definition) is 1. The van der Waals surface area contributed by atoms with Gasteiger partial charge in [0, 0.05) is 32.5 Å². The number of hydrogen-bond acceptors (Lipinski definition) is 5. The molecule has 0 spiro atoms. The third kappa shape index (κ3) is 5.87.